The summed E-state index contributed by atoms with van der Waals surface area (Å²) in [6.07, 6.45) is 1.13. The van der Waals surface area contributed by atoms with E-state index in [0.29, 0.717) is 30.4 Å². The van der Waals surface area contributed by atoms with Crippen LogP contribution in [0.2, 0.25) is 5.15 Å². The lowest BCUT2D eigenvalue weighted by Crippen LogP contribution is -2.61. The van der Waals surface area contributed by atoms with Crippen LogP contribution in [0.3, 0.4) is 0 Å². The maximum Gasteiger partial charge on any atom is 0.410 e. The van der Waals surface area contributed by atoms with Gasteiger partial charge in [0, 0.05) is 18.7 Å². The summed E-state index contributed by atoms with van der Waals surface area (Å²) in [6.45, 7) is 14.4. The molecule has 0 aromatic carbocycles. The molecule has 0 unspecified atom stereocenters. The minimum Gasteiger partial charge on any atom is -0.444 e. The van der Waals surface area contributed by atoms with Gasteiger partial charge in [-0.1, -0.05) is 25.4 Å². The molecule has 0 aliphatic carbocycles. The summed E-state index contributed by atoms with van der Waals surface area (Å²) in [6, 6.07) is 1.75. The summed E-state index contributed by atoms with van der Waals surface area (Å²) >= 11 is 6.10. The van der Waals surface area contributed by atoms with Gasteiger partial charge in [-0.05, 0) is 46.6 Å². The van der Waals surface area contributed by atoms with Crippen LogP contribution in [0.15, 0.2) is 12.3 Å². The second-order valence-electron chi connectivity index (χ2n) is 9.67. The highest BCUT2D eigenvalue weighted by atomic mass is 35.5. The Balaban J connectivity index is 1.74. The molecule has 0 atom stereocenters. The molecule has 2 aromatic rings. The Kier molecular flexibility index (Phi) is 6.21. The van der Waals surface area contributed by atoms with Crippen LogP contribution in [0.1, 0.15) is 70.4 Å². The predicted molar refractivity (Wildman–Crippen MR) is 116 cm³/mol. The first-order valence-electron chi connectivity index (χ1n) is 10.3. The van der Waals surface area contributed by atoms with Crippen molar-refractivity contribution in [3.63, 3.8) is 0 Å². The summed E-state index contributed by atoms with van der Waals surface area (Å²) in [5.74, 6) is -0.427. The second-order valence-corrected chi connectivity index (χ2v) is 10.1. The molecule has 1 aliphatic heterocycles. The molecule has 3 heterocycles. The van der Waals surface area contributed by atoms with E-state index in [-0.39, 0.29) is 17.7 Å². The van der Waals surface area contributed by atoms with Gasteiger partial charge in [0.15, 0.2) is 11.3 Å². The summed E-state index contributed by atoms with van der Waals surface area (Å²) in [5, 5.41) is 6.11. The number of aromatic nitrogens is 3. The molecule has 1 saturated heterocycles. The molecule has 170 valence electrons. The first kappa shape index (κ1) is 23.3. The SMILES string of the molecule is CC(C)c1cc(Cl)nn2cc(C(=O)ON3CCN(C(=O)OC(C)(C)C)CC3(C)C)nc12. The Morgan fingerprint density at radius 2 is 1.90 bits per heavy atom. The largest absolute Gasteiger partial charge is 0.444 e. The number of piperazine rings is 1. The fourth-order valence-corrected chi connectivity index (χ4v) is 3.63. The van der Waals surface area contributed by atoms with Gasteiger partial charge >= 0.3 is 12.1 Å². The molecule has 0 N–H and O–H groups in total. The van der Waals surface area contributed by atoms with Crippen LogP contribution in [0.25, 0.3) is 5.65 Å². The number of nitrogens with zero attached hydrogens (tertiary/aromatic N) is 5. The highest BCUT2D eigenvalue weighted by Gasteiger charge is 2.40. The summed E-state index contributed by atoms with van der Waals surface area (Å²) in [7, 11) is 0. The van der Waals surface area contributed by atoms with E-state index >= 15 is 0 Å². The van der Waals surface area contributed by atoms with Gasteiger partial charge in [0.25, 0.3) is 0 Å². The van der Waals surface area contributed by atoms with Crippen molar-refractivity contribution in [2.24, 2.45) is 0 Å². The number of imidazole rings is 1. The highest BCUT2D eigenvalue weighted by molar-refractivity contribution is 6.29. The van der Waals surface area contributed by atoms with E-state index in [2.05, 4.69) is 10.1 Å². The number of rotatable bonds is 3. The lowest BCUT2D eigenvalue weighted by atomic mass is 10.0. The van der Waals surface area contributed by atoms with Gasteiger partial charge < -0.3 is 14.5 Å². The van der Waals surface area contributed by atoms with Crippen molar-refractivity contribution in [3.8, 4) is 0 Å². The zero-order valence-electron chi connectivity index (χ0n) is 19.1. The molecule has 10 heteroatoms. The van der Waals surface area contributed by atoms with E-state index in [1.165, 1.54) is 10.7 Å². The molecule has 1 amide bonds. The Morgan fingerprint density at radius 3 is 2.48 bits per heavy atom. The Labute approximate surface area is 187 Å². The number of carbonyl (C=O) groups is 2. The number of hydrogen-bond acceptors (Lipinski definition) is 7. The maximum absolute atomic E-state index is 12.8. The van der Waals surface area contributed by atoms with Gasteiger partial charge in [-0.3, -0.25) is 0 Å². The van der Waals surface area contributed by atoms with Gasteiger partial charge in [-0.15, -0.1) is 5.06 Å². The first-order valence-corrected chi connectivity index (χ1v) is 10.7. The van der Waals surface area contributed by atoms with Crippen molar-refractivity contribution < 1.29 is 19.2 Å². The average Bonchev–Trinajstić information content (AvgIpc) is 3.04. The molecule has 0 saturated carbocycles. The van der Waals surface area contributed by atoms with Crippen LogP contribution in [0.4, 0.5) is 4.79 Å². The number of hydroxylamine groups is 2. The van der Waals surface area contributed by atoms with E-state index < -0.39 is 17.1 Å². The van der Waals surface area contributed by atoms with Crippen molar-refractivity contribution in [2.45, 2.75) is 65.5 Å². The van der Waals surface area contributed by atoms with Crippen molar-refractivity contribution in [1.82, 2.24) is 24.6 Å². The highest BCUT2D eigenvalue weighted by Crippen LogP contribution is 2.25. The fourth-order valence-electron chi connectivity index (χ4n) is 3.43. The Hall–Kier alpha value is -2.39. The molecule has 1 aliphatic rings. The van der Waals surface area contributed by atoms with Gasteiger partial charge in [-0.2, -0.15) is 5.10 Å². The van der Waals surface area contributed by atoms with E-state index in [4.69, 9.17) is 21.2 Å². The maximum atomic E-state index is 12.8. The summed E-state index contributed by atoms with van der Waals surface area (Å²) in [4.78, 5) is 37.0. The van der Waals surface area contributed by atoms with Crippen molar-refractivity contribution in [2.75, 3.05) is 19.6 Å². The third-order valence-electron chi connectivity index (χ3n) is 4.93. The molecule has 3 rings (SSSR count). The molecular weight excluding hydrogens is 422 g/mol. The van der Waals surface area contributed by atoms with Crippen LogP contribution >= 0.6 is 11.6 Å². The lowest BCUT2D eigenvalue weighted by molar-refractivity contribution is -0.191. The first-order chi connectivity index (χ1) is 14.3. The van der Waals surface area contributed by atoms with Gasteiger partial charge in [0.1, 0.15) is 10.8 Å². The molecule has 9 nitrogen and oxygen atoms in total. The molecule has 1 fully saturated rings. The van der Waals surface area contributed by atoms with Crippen molar-refractivity contribution in [3.05, 3.63) is 28.7 Å². The van der Waals surface area contributed by atoms with Crippen LogP contribution in [0, 0.1) is 0 Å². The topological polar surface area (TPSA) is 89.3 Å². The third kappa shape index (κ3) is 5.27. The monoisotopic (exact) mass is 451 g/mol. The molecule has 0 radical (unpaired) electrons. The number of hydrogen-bond donors (Lipinski definition) is 0. The number of fused-ring (bicyclic) bond motifs is 1. The molecule has 0 spiro atoms. The normalized spacial score (nSPS) is 17.3. The average molecular weight is 452 g/mol. The molecule has 31 heavy (non-hydrogen) atoms. The van der Waals surface area contributed by atoms with Crippen LogP contribution < -0.4 is 0 Å². The molecule has 0 bridgehead atoms. The van der Waals surface area contributed by atoms with E-state index in [9.17, 15) is 9.59 Å². The van der Waals surface area contributed by atoms with E-state index in [1.807, 2.05) is 48.5 Å². The van der Waals surface area contributed by atoms with Gasteiger partial charge in [-0.25, -0.2) is 19.1 Å². The zero-order chi connectivity index (χ0) is 23.1. The number of halogens is 1. The van der Waals surface area contributed by atoms with Crippen molar-refractivity contribution in [1.29, 1.82) is 0 Å². The molecular formula is C21H30ClN5O4. The van der Waals surface area contributed by atoms with Crippen LogP contribution in [-0.4, -0.2) is 67.4 Å². The lowest BCUT2D eigenvalue weighted by Gasteiger charge is -2.44. The summed E-state index contributed by atoms with van der Waals surface area (Å²) in [5.41, 5.74) is 0.432. The number of amides is 1. The number of carbonyl (C=O) groups excluding carboxylic acids is 2. The summed E-state index contributed by atoms with van der Waals surface area (Å²) < 4.78 is 6.96. The fraction of sp³-hybridized carbons (Fsp3) is 0.619. The smallest absolute Gasteiger partial charge is 0.410 e. The zero-order valence-corrected chi connectivity index (χ0v) is 19.9. The quantitative estimate of drug-likeness (QED) is 0.698. The van der Waals surface area contributed by atoms with E-state index in [1.54, 1.807) is 16.0 Å². The van der Waals surface area contributed by atoms with E-state index in [0.717, 1.165) is 5.56 Å². The number of ether oxygens (including phenoxy) is 1. The minimum atomic E-state index is -0.603. The van der Waals surface area contributed by atoms with Crippen LogP contribution in [-0.2, 0) is 9.57 Å². The standard InChI is InChI=1S/C21H30ClN5O4/c1-13(2)14-10-16(22)24-26-11-15(23-17(14)26)18(28)31-27-9-8-25(12-21(27,6)7)19(29)30-20(3,4)5/h10-11,13H,8-9,12H2,1-7H3. The van der Waals surface area contributed by atoms with Gasteiger partial charge in [0.05, 0.1) is 18.3 Å². The van der Waals surface area contributed by atoms with Crippen LogP contribution in [0.5, 0.6) is 0 Å². The second kappa shape index (κ2) is 8.27. The van der Waals surface area contributed by atoms with Crippen molar-refractivity contribution >= 4 is 29.3 Å². The third-order valence-corrected chi connectivity index (χ3v) is 5.11. The predicted octanol–water partition coefficient (Wildman–Crippen LogP) is 3.91. The molecule has 2 aromatic heterocycles. The van der Waals surface area contributed by atoms with Gasteiger partial charge in [0.2, 0.25) is 0 Å². The Bertz CT molecular complexity index is 996. The minimum absolute atomic E-state index is 0.141. The Morgan fingerprint density at radius 1 is 1.23 bits per heavy atom.